The third-order valence-corrected chi connectivity index (χ3v) is 6.90. The van der Waals surface area contributed by atoms with E-state index in [4.69, 9.17) is 0 Å². The minimum absolute atomic E-state index is 0.135. The van der Waals surface area contributed by atoms with E-state index in [2.05, 4.69) is 25.8 Å². The van der Waals surface area contributed by atoms with Gasteiger partial charge in [0, 0.05) is 88.9 Å². The minimum Gasteiger partial charge on any atom is -0.348 e. The number of hydrogen-bond acceptors (Lipinski definition) is 5. The highest BCUT2D eigenvalue weighted by Crippen LogP contribution is 2.35. The third kappa shape index (κ3) is 3.81. The van der Waals surface area contributed by atoms with Crippen LogP contribution >= 0.6 is 0 Å². The van der Waals surface area contributed by atoms with E-state index in [0.29, 0.717) is 18.4 Å². The number of carbonyl (C=O) groups is 1. The Kier molecular flexibility index (Phi) is 5.20. The molecule has 5 heterocycles. The van der Waals surface area contributed by atoms with Crippen molar-refractivity contribution in [2.45, 2.75) is 38.9 Å². The molecular formula is C22H30N6O2. The summed E-state index contributed by atoms with van der Waals surface area (Å²) in [5.74, 6) is 2.07. The zero-order valence-corrected chi connectivity index (χ0v) is 17.6. The second kappa shape index (κ2) is 8.00. The van der Waals surface area contributed by atoms with Gasteiger partial charge in [-0.2, -0.15) is 0 Å². The summed E-state index contributed by atoms with van der Waals surface area (Å²) in [6.45, 7) is 9.09. The topological polar surface area (TPSA) is 77.5 Å². The highest BCUT2D eigenvalue weighted by molar-refractivity contribution is 5.73. The molecular weight excluding hydrogens is 380 g/mol. The molecule has 3 aliphatic heterocycles. The van der Waals surface area contributed by atoms with Crippen molar-refractivity contribution >= 4 is 5.91 Å². The Morgan fingerprint density at radius 3 is 2.67 bits per heavy atom. The fraction of sp³-hybridized carbons (Fsp3) is 0.591. The number of aromatic nitrogens is 3. The number of aromatic amines is 1. The van der Waals surface area contributed by atoms with E-state index in [9.17, 15) is 9.59 Å². The summed E-state index contributed by atoms with van der Waals surface area (Å²) in [6.07, 6.45) is 4.84. The van der Waals surface area contributed by atoms with Crippen molar-refractivity contribution in [3.8, 4) is 0 Å². The standard InChI is InChI=1S/C22H30N6O2/c1-16(29)27-8-6-25(7-9-27)13-18-2-3-20-19-10-17(12-28(20)22(18)30)11-26(14-19)15-21-23-4-5-24-21/h2-5,17,19H,6-15H2,1H3,(H,23,24)/t17-,19+/m0/s1. The predicted molar refractivity (Wildman–Crippen MR) is 113 cm³/mol. The molecule has 3 aliphatic rings. The minimum atomic E-state index is 0.135. The van der Waals surface area contributed by atoms with Gasteiger partial charge in [0.15, 0.2) is 0 Å². The number of fused-ring (bicyclic) bond motifs is 4. The van der Waals surface area contributed by atoms with Crippen LogP contribution in [-0.4, -0.2) is 74.4 Å². The summed E-state index contributed by atoms with van der Waals surface area (Å²) in [7, 11) is 0. The normalized spacial score (nSPS) is 24.6. The zero-order chi connectivity index (χ0) is 20.7. The van der Waals surface area contributed by atoms with Crippen LogP contribution in [0.2, 0.25) is 0 Å². The van der Waals surface area contributed by atoms with Crippen LogP contribution in [0.3, 0.4) is 0 Å². The molecule has 30 heavy (non-hydrogen) atoms. The van der Waals surface area contributed by atoms with Gasteiger partial charge in [0.1, 0.15) is 5.82 Å². The Morgan fingerprint density at radius 1 is 1.10 bits per heavy atom. The molecule has 1 amide bonds. The van der Waals surface area contributed by atoms with Crippen LogP contribution in [0.1, 0.15) is 36.3 Å². The second-order valence-corrected chi connectivity index (χ2v) is 9.01. The monoisotopic (exact) mass is 410 g/mol. The van der Waals surface area contributed by atoms with E-state index in [1.165, 1.54) is 12.1 Å². The molecule has 2 aromatic rings. The van der Waals surface area contributed by atoms with Crippen molar-refractivity contribution < 1.29 is 4.79 Å². The molecule has 1 N–H and O–H groups in total. The Balaban J connectivity index is 1.29. The van der Waals surface area contributed by atoms with Crippen molar-refractivity contribution in [1.29, 1.82) is 0 Å². The number of likely N-dealkylation sites (tertiary alicyclic amines) is 1. The fourth-order valence-electron chi connectivity index (χ4n) is 5.40. The highest BCUT2D eigenvalue weighted by atomic mass is 16.2. The SMILES string of the molecule is CC(=O)N1CCN(Cc2ccc3n(c2=O)C[C@H]2C[C@@H]3CN(Cc3ncc[nH]3)C2)CC1. The molecule has 0 aliphatic carbocycles. The van der Waals surface area contributed by atoms with Gasteiger partial charge in [-0.3, -0.25) is 19.4 Å². The average molecular weight is 411 g/mol. The molecule has 2 bridgehead atoms. The molecule has 0 unspecified atom stereocenters. The van der Waals surface area contributed by atoms with Crippen molar-refractivity contribution in [3.63, 3.8) is 0 Å². The molecule has 8 nitrogen and oxygen atoms in total. The van der Waals surface area contributed by atoms with Gasteiger partial charge in [0.25, 0.3) is 5.56 Å². The summed E-state index contributed by atoms with van der Waals surface area (Å²) in [5, 5.41) is 0. The van der Waals surface area contributed by atoms with Gasteiger partial charge < -0.3 is 14.5 Å². The molecule has 2 aromatic heterocycles. The van der Waals surface area contributed by atoms with Crippen LogP contribution in [0.4, 0.5) is 0 Å². The number of piperazine rings is 1. The lowest BCUT2D eigenvalue weighted by Gasteiger charge is -2.42. The highest BCUT2D eigenvalue weighted by Gasteiger charge is 2.35. The van der Waals surface area contributed by atoms with Crippen molar-refractivity contribution in [2.24, 2.45) is 5.92 Å². The van der Waals surface area contributed by atoms with E-state index in [1.54, 1.807) is 13.1 Å². The number of carbonyl (C=O) groups excluding carboxylic acids is 1. The van der Waals surface area contributed by atoms with Crippen LogP contribution in [-0.2, 0) is 24.4 Å². The number of amides is 1. The van der Waals surface area contributed by atoms with Gasteiger partial charge >= 0.3 is 0 Å². The second-order valence-electron chi connectivity index (χ2n) is 9.01. The molecule has 160 valence electrons. The summed E-state index contributed by atoms with van der Waals surface area (Å²) in [5.41, 5.74) is 2.24. The van der Waals surface area contributed by atoms with Gasteiger partial charge in [-0.05, 0) is 18.4 Å². The smallest absolute Gasteiger partial charge is 0.255 e. The van der Waals surface area contributed by atoms with E-state index in [-0.39, 0.29) is 11.5 Å². The number of pyridine rings is 1. The van der Waals surface area contributed by atoms with Crippen molar-refractivity contribution in [2.75, 3.05) is 39.3 Å². The lowest BCUT2D eigenvalue weighted by atomic mass is 9.83. The number of nitrogens with one attached hydrogen (secondary N) is 1. The number of hydrogen-bond donors (Lipinski definition) is 1. The van der Waals surface area contributed by atoms with E-state index >= 15 is 0 Å². The van der Waals surface area contributed by atoms with Crippen LogP contribution in [0, 0.1) is 5.92 Å². The summed E-state index contributed by atoms with van der Waals surface area (Å²) in [6, 6.07) is 4.22. The van der Waals surface area contributed by atoms with Gasteiger partial charge in [-0.25, -0.2) is 4.98 Å². The molecule has 0 saturated carbocycles. The predicted octanol–water partition coefficient (Wildman–Crippen LogP) is 0.855. The molecule has 2 fully saturated rings. The molecule has 2 saturated heterocycles. The number of nitrogens with zero attached hydrogens (tertiary/aromatic N) is 5. The zero-order valence-electron chi connectivity index (χ0n) is 17.6. The largest absolute Gasteiger partial charge is 0.348 e. The van der Waals surface area contributed by atoms with Gasteiger partial charge in [0.2, 0.25) is 5.91 Å². The first-order valence-electron chi connectivity index (χ1n) is 11.0. The Bertz CT molecular complexity index is 961. The Hall–Kier alpha value is -2.45. The molecule has 5 rings (SSSR count). The van der Waals surface area contributed by atoms with Crippen LogP contribution in [0.15, 0.2) is 29.3 Å². The number of H-pyrrole nitrogens is 1. The van der Waals surface area contributed by atoms with Crippen molar-refractivity contribution in [3.05, 3.63) is 52.0 Å². The maximum absolute atomic E-state index is 13.3. The van der Waals surface area contributed by atoms with Crippen LogP contribution in [0.5, 0.6) is 0 Å². The number of rotatable bonds is 4. The molecule has 8 heteroatoms. The summed E-state index contributed by atoms with van der Waals surface area (Å²) < 4.78 is 2.05. The first-order chi connectivity index (χ1) is 14.6. The lowest BCUT2D eigenvalue weighted by Crippen LogP contribution is -2.49. The third-order valence-electron chi connectivity index (χ3n) is 6.90. The molecule has 0 spiro atoms. The average Bonchev–Trinajstić information content (AvgIpc) is 3.24. The molecule has 0 aromatic carbocycles. The van der Waals surface area contributed by atoms with E-state index < -0.39 is 0 Å². The Labute approximate surface area is 176 Å². The number of imidazole rings is 1. The maximum Gasteiger partial charge on any atom is 0.255 e. The summed E-state index contributed by atoms with van der Waals surface area (Å²) in [4.78, 5) is 39.0. The first-order valence-corrected chi connectivity index (χ1v) is 11.0. The molecule has 2 atom stereocenters. The summed E-state index contributed by atoms with van der Waals surface area (Å²) >= 11 is 0. The van der Waals surface area contributed by atoms with Crippen molar-refractivity contribution in [1.82, 2.24) is 29.2 Å². The van der Waals surface area contributed by atoms with Gasteiger partial charge in [-0.15, -0.1) is 0 Å². The van der Waals surface area contributed by atoms with E-state index in [1.807, 2.05) is 21.7 Å². The van der Waals surface area contributed by atoms with Gasteiger partial charge in [-0.1, -0.05) is 6.07 Å². The Morgan fingerprint density at radius 2 is 1.93 bits per heavy atom. The maximum atomic E-state index is 13.3. The molecule has 0 radical (unpaired) electrons. The van der Waals surface area contributed by atoms with Crippen LogP contribution in [0.25, 0.3) is 0 Å². The van der Waals surface area contributed by atoms with E-state index in [0.717, 1.165) is 63.7 Å². The van der Waals surface area contributed by atoms with Crippen LogP contribution < -0.4 is 5.56 Å². The van der Waals surface area contributed by atoms with Gasteiger partial charge in [0.05, 0.1) is 6.54 Å². The fourth-order valence-corrected chi connectivity index (χ4v) is 5.40. The number of piperidine rings is 1. The quantitative estimate of drug-likeness (QED) is 0.809. The lowest BCUT2D eigenvalue weighted by molar-refractivity contribution is -0.130. The first kappa shape index (κ1) is 19.5.